The number of fused-ring (bicyclic) bond motifs is 1. The molecule has 2 fully saturated rings. The predicted octanol–water partition coefficient (Wildman–Crippen LogP) is 0.766. The highest BCUT2D eigenvalue weighted by atomic mass is 16.5. The molecule has 0 spiro atoms. The number of nitrogens with two attached hydrogens (primary N) is 1. The molecule has 2 aromatic rings. The van der Waals surface area contributed by atoms with E-state index in [2.05, 4.69) is 21.3 Å². The molecule has 0 bridgehead atoms. The zero-order valence-electron chi connectivity index (χ0n) is 18.2. The lowest BCUT2D eigenvalue weighted by Crippen LogP contribution is -2.55. The number of rotatable bonds is 5. The number of hydrogen-bond acceptors (Lipinski definition) is 7. The number of hydrogen-bond donors (Lipinski definition) is 2. The molecule has 3 N–H and O–H groups in total. The number of likely N-dealkylation sites (tertiary alicyclic amines) is 1. The van der Waals surface area contributed by atoms with Gasteiger partial charge >= 0.3 is 0 Å². The van der Waals surface area contributed by atoms with Crippen molar-refractivity contribution in [3.63, 3.8) is 0 Å². The van der Waals surface area contributed by atoms with Crippen molar-refractivity contribution in [3.8, 4) is 6.07 Å². The molecular weight excluding hydrogens is 408 g/mol. The van der Waals surface area contributed by atoms with Crippen molar-refractivity contribution in [2.75, 3.05) is 37.6 Å². The number of nitriles is 1. The number of morpholine rings is 1. The third-order valence-corrected chi connectivity index (χ3v) is 6.07. The quantitative estimate of drug-likeness (QED) is 0.709. The van der Waals surface area contributed by atoms with Gasteiger partial charge in [-0.1, -0.05) is 0 Å². The van der Waals surface area contributed by atoms with E-state index < -0.39 is 6.10 Å². The average molecular weight is 437 g/mol. The molecule has 168 valence electrons. The van der Waals surface area contributed by atoms with Gasteiger partial charge in [-0.25, -0.2) is 0 Å². The van der Waals surface area contributed by atoms with E-state index in [1.165, 1.54) is 0 Å². The van der Waals surface area contributed by atoms with Crippen LogP contribution in [0.25, 0.3) is 10.9 Å². The Morgan fingerprint density at radius 1 is 1.28 bits per heavy atom. The summed E-state index contributed by atoms with van der Waals surface area (Å²) in [5, 5.41) is 13.4. The van der Waals surface area contributed by atoms with Gasteiger partial charge in [0.1, 0.15) is 6.07 Å². The van der Waals surface area contributed by atoms with Crippen molar-refractivity contribution in [3.05, 3.63) is 36.0 Å². The Hall–Kier alpha value is -3.22. The first kappa shape index (κ1) is 22.0. The minimum Gasteiger partial charge on any atom is -0.369 e. The van der Waals surface area contributed by atoms with Gasteiger partial charge in [0.05, 0.1) is 30.3 Å². The van der Waals surface area contributed by atoms with Gasteiger partial charge in [0.25, 0.3) is 5.91 Å². The number of nitrogens with zero attached hydrogens (tertiary/aromatic N) is 4. The molecule has 2 atom stereocenters. The Kier molecular flexibility index (Phi) is 6.53. The number of amides is 2. The second-order valence-corrected chi connectivity index (χ2v) is 8.51. The molecular formula is C23H28N6O3. The largest absolute Gasteiger partial charge is 0.369 e. The van der Waals surface area contributed by atoms with E-state index in [-0.39, 0.29) is 30.5 Å². The summed E-state index contributed by atoms with van der Waals surface area (Å²) < 4.78 is 5.98. The minimum atomic E-state index is -0.593. The van der Waals surface area contributed by atoms with Gasteiger partial charge in [-0.15, -0.1) is 0 Å². The molecule has 32 heavy (non-hydrogen) atoms. The van der Waals surface area contributed by atoms with E-state index >= 15 is 0 Å². The van der Waals surface area contributed by atoms with Crippen LogP contribution in [0.5, 0.6) is 0 Å². The molecule has 0 radical (unpaired) electrons. The van der Waals surface area contributed by atoms with E-state index in [1.54, 1.807) is 12.3 Å². The Bertz CT molecular complexity index is 1040. The lowest BCUT2D eigenvalue weighted by atomic mass is 10.0. The van der Waals surface area contributed by atoms with Crippen LogP contribution in [0.15, 0.2) is 30.5 Å². The normalized spacial score (nSPS) is 22.4. The summed E-state index contributed by atoms with van der Waals surface area (Å²) in [6.45, 7) is 4.74. The first-order chi connectivity index (χ1) is 15.4. The van der Waals surface area contributed by atoms with Crippen molar-refractivity contribution in [2.24, 2.45) is 5.73 Å². The highest BCUT2D eigenvalue weighted by Crippen LogP contribution is 2.30. The summed E-state index contributed by atoms with van der Waals surface area (Å²) in [4.78, 5) is 32.6. The number of anilines is 1. The molecule has 3 heterocycles. The van der Waals surface area contributed by atoms with Crippen molar-refractivity contribution in [1.82, 2.24) is 15.2 Å². The van der Waals surface area contributed by atoms with Crippen LogP contribution >= 0.6 is 0 Å². The third-order valence-electron chi connectivity index (χ3n) is 6.07. The molecule has 2 aliphatic heterocycles. The maximum absolute atomic E-state index is 13.0. The number of carbonyl (C=O) groups excluding carboxylic acids is 2. The van der Waals surface area contributed by atoms with Crippen molar-refractivity contribution < 1.29 is 14.3 Å². The molecule has 9 heteroatoms. The summed E-state index contributed by atoms with van der Waals surface area (Å²) in [5.74, 6) is -0.450. The summed E-state index contributed by atoms with van der Waals surface area (Å²) in [6, 6.07) is 9.76. The standard InChI is InChI=1S/C23H28N6O3/c1-15-12-29(19-5-4-16(11-24)22-18(19)3-2-8-26-22)13-20(32-15)23(31)27-17-6-9-28(10-7-17)14-21(25)30/h2-5,8,15,17,20H,6-7,9-10,12-14H2,1H3,(H2,25,30)(H,27,31)/t15-,20?/m1/s1. The molecule has 4 rings (SSSR count). The molecule has 0 aliphatic carbocycles. The number of piperidine rings is 1. The average Bonchev–Trinajstić information content (AvgIpc) is 2.78. The molecule has 2 aliphatic rings. The fraction of sp³-hybridized carbons (Fsp3) is 0.478. The van der Waals surface area contributed by atoms with Gasteiger partial charge in [0.15, 0.2) is 6.10 Å². The lowest BCUT2D eigenvalue weighted by molar-refractivity contribution is -0.138. The number of primary amides is 1. The molecule has 1 aromatic heterocycles. The van der Waals surface area contributed by atoms with Gasteiger partial charge < -0.3 is 20.7 Å². The third kappa shape index (κ3) is 4.82. The van der Waals surface area contributed by atoms with Crippen LogP contribution in [0.3, 0.4) is 0 Å². The number of carbonyl (C=O) groups is 2. The maximum atomic E-state index is 13.0. The van der Waals surface area contributed by atoms with Crippen LogP contribution in [0, 0.1) is 11.3 Å². The van der Waals surface area contributed by atoms with Crippen molar-refractivity contribution >= 4 is 28.4 Å². The first-order valence-electron chi connectivity index (χ1n) is 10.9. The molecule has 0 saturated carbocycles. The number of ether oxygens (including phenoxy) is 1. The Morgan fingerprint density at radius 3 is 2.78 bits per heavy atom. The zero-order valence-corrected chi connectivity index (χ0v) is 18.2. The summed E-state index contributed by atoms with van der Waals surface area (Å²) in [5.41, 5.74) is 7.41. The lowest BCUT2D eigenvalue weighted by Gasteiger charge is -2.39. The van der Waals surface area contributed by atoms with Crippen LogP contribution in [0.4, 0.5) is 5.69 Å². The second kappa shape index (κ2) is 9.51. The first-order valence-corrected chi connectivity index (χ1v) is 10.9. The van der Waals surface area contributed by atoms with E-state index in [1.807, 2.05) is 30.0 Å². The van der Waals surface area contributed by atoms with Crippen LogP contribution in [-0.4, -0.2) is 72.7 Å². The van der Waals surface area contributed by atoms with Gasteiger partial charge in [0, 0.05) is 42.9 Å². The summed E-state index contributed by atoms with van der Waals surface area (Å²) in [7, 11) is 0. The van der Waals surface area contributed by atoms with Crippen LogP contribution in [-0.2, 0) is 14.3 Å². The fourth-order valence-corrected chi connectivity index (χ4v) is 4.57. The Morgan fingerprint density at radius 2 is 2.06 bits per heavy atom. The Labute approximate surface area is 187 Å². The topological polar surface area (TPSA) is 125 Å². The summed E-state index contributed by atoms with van der Waals surface area (Å²) >= 11 is 0. The van der Waals surface area contributed by atoms with Gasteiger partial charge in [-0.3, -0.25) is 19.5 Å². The fourth-order valence-electron chi connectivity index (χ4n) is 4.57. The number of aromatic nitrogens is 1. The number of benzene rings is 1. The van der Waals surface area contributed by atoms with Crippen LogP contribution in [0.2, 0.25) is 0 Å². The SMILES string of the molecule is C[C@@H]1CN(c2ccc(C#N)c3ncccc23)CC(C(=O)NC2CCN(CC(N)=O)CC2)O1. The highest BCUT2D eigenvalue weighted by Gasteiger charge is 2.33. The Balaban J connectivity index is 1.44. The minimum absolute atomic E-state index is 0.0563. The number of nitrogens with one attached hydrogen (secondary N) is 1. The molecule has 1 unspecified atom stereocenters. The molecule has 9 nitrogen and oxygen atoms in total. The second-order valence-electron chi connectivity index (χ2n) is 8.51. The predicted molar refractivity (Wildman–Crippen MR) is 120 cm³/mol. The van der Waals surface area contributed by atoms with Crippen molar-refractivity contribution in [2.45, 2.75) is 38.0 Å². The van der Waals surface area contributed by atoms with E-state index in [0.717, 1.165) is 37.0 Å². The molecule has 2 amide bonds. The molecule has 2 saturated heterocycles. The summed E-state index contributed by atoms with van der Waals surface area (Å²) in [6.07, 6.45) is 2.51. The monoisotopic (exact) mass is 436 g/mol. The van der Waals surface area contributed by atoms with Gasteiger partial charge in [-0.05, 0) is 44.0 Å². The number of pyridine rings is 1. The maximum Gasteiger partial charge on any atom is 0.251 e. The zero-order chi connectivity index (χ0) is 22.7. The van der Waals surface area contributed by atoms with E-state index in [0.29, 0.717) is 24.2 Å². The van der Waals surface area contributed by atoms with Crippen LogP contribution < -0.4 is 16.0 Å². The van der Waals surface area contributed by atoms with Crippen molar-refractivity contribution in [1.29, 1.82) is 5.26 Å². The van der Waals surface area contributed by atoms with Gasteiger partial charge in [0.2, 0.25) is 5.91 Å². The highest BCUT2D eigenvalue weighted by molar-refractivity contribution is 5.95. The van der Waals surface area contributed by atoms with E-state index in [9.17, 15) is 14.9 Å². The van der Waals surface area contributed by atoms with E-state index in [4.69, 9.17) is 10.5 Å². The smallest absolute Gasteiger partial charge is 0.251 e. The van der Waals surface area contributed by atoms with Crippen LogP contribution in [0.1, 0.15) is 25.3 Å². The van der Waals surface area contributed by atoms with Gasteiger partial charge in [-0.2, -0.15) is 5.26 Å². The molecule has 1 aromatic carbocycles.